The van der Waals surface area contributed by atoms with Crippen molar-refractivity contribution in [3.63, 3.8) is 0 Å². The predicted molar refractivity (Wildman–Crippen MR) is 169 cm³/mol. The second-order valence-electron chi connectivity index (χ2n) is 11.6. The zero-order valence-corrected chi connectivity index (χ0v) is 24.7. The van der Waals surface area contributed by atoms with Crippen LogP contribution in [0.4, 0.5) is 17.6 Å². The highest BCUT2D eigenvalue weighted by Crippen LogP contribution is 2.40. The lowest BCUT2D eigenvalue weighted by Gasteiger charge is -2.38. The summed E-state index contributed by atoms with van der Waals surface area (Å²) >= 11 is 12.2. The summed E-state index contributed by atoms with van der Waals surface area (Å²) in [4.78, 5) is 14.7. The number of anilines is 3. The molecule has 8 heteroatoms. The minimum Gasteiger partial charge on any atom is -0.361 e. The van der Waals surface area contributed by atoms with E-state index in [-0.39, 0.29) is 5.41 Å². The Bertz CT molecular complexity index is 1310. The molecule has 0 atom stereocenters. The van der Waals surface area contributed by atoms with E-state index in [2.05, 4.69) is 69.0 Å². The lowest BCUT2D eigenvalue weighted by atomic mass is 9.69. The van der Waals surface area contributed by atoms with Crippen molar-refractivity contribution in [1.82, 2.24) is 15.3 Å². The van der Waals surface area contributed by atoms with Gasteiger partial charge in [0.25, 0.3) is 0 Å². The smallest absolute Gasteiger partial charge is 0.232 e. The molecule has 3 heterocycles. The summed E-state index contributed by atoms with van der Waals surface area (Å²) in [5.74, 6) is 2.49. The molecule has 0 amide bonds. The number of aromatic nitrogens is 2. The minimum absolute atomic E-state index is 0.0239. The summed E-state index contributed by atoms with van der Waals surface area (Å²) in [6.45, 7) is 4.54. The highest BCUT2D eigenvalue weighted by atomic mass is 35.5. The van der Waals surface area contributed by atoms with Crippen LogP contribution in [0.5, 0.6) is 0 Å². The van der Waals surface area contributed by atoms with Crippen LogP contribution in [-0.4, -0.2) is 34.7 Å². The van der Waals surface area contributed by atoms with Gasteiger partial charge in [-0.25, -0.2) is 0 Å². The van der Waals surface area contributed by atoms with Gasteiger partial charge in [0.15, 0.2) is 5.11 Å². The van der Waals surface area contributed by atoms with E-state index in [9.17, 15) is 0 Å². The van der Waals surface area contributed by atoms with Gasteiger partial charge in [0.1, 0.15) is 11.6 Å². The molecule has 2 fully saturated rings. The highest BCUT2D eigenvalue weighted by Gasteiger charge is 2.34. The van der Waals surface area contributed by atoms with Crippen molar-refractivity contribution in [3.05, 3.63) is 76.3 Å². The molecular formula is C32H39ClN6S. The number of nitrogens with one attached hydrogen (secondary N) is 2. The first-order chi connectivity index (χ1) is 19.6. The molecule has 3 aromatic rings. The molecule has 0 bridgehead atoms. The number of hydrogen-bond donors (Lipinski definition) is 2. The van der Waals surface area contributed by atoms with E-state index in [0.29, 0.717) is 11.1 Å². The quantitative estimate of drug-likeness (QED) is 0.301. The Labute approximate surface area is 248 Å². The third-order valence-corrected chi connectivity index (χ3v) is 9.34. The molecule has 1 aromatic heterocycles. The second-order valence-corrected chi connectivity index (χ2v) is 12.4. The summed E-state index contributed by atoms with van der Waals surface area (Å²) in [5.41, 5.74) is 4.05. The molecule has 40 heavy (non-hydrogen) atoms. The monoisotopic (exact) mass is 574 g/mol. The molecule has 1 saturated heterocycles. The molecule has 0 spiro atoms. The molecule has 1 saturated carbocycles. The third kappa shape index (κ3) is 6.21. The van der Waals surface area contributed by atoms with Gasteiger partial charge in [-0.05, 0) is 66.7 Å². The average molecular weight is 575 g/mol. The van der Waals surface area contributed by atoms with Crippen LogP contribution in [0.3, 0.4) is 0 Å². The van der Waals surface area contributed by atoms with Crippen LogP contribution >= 0.6 is 23.8 Å². The van der Waals surface area contributed by atoms with Crippen molar-refractivity contribution in [2.75, 3.05) is 34.8 Å². The number of fused-ring (bicyclic) bond motifs is 1. The van der Waals surface area contributed by atoms with Gasteiger partial charge < -0.3 is 20.4 Å². The minimum atomic E-state index is 0.0239. The lowest BCUT2D eigenvalue weighted by molar-refractivity contribution is 0.292. The number of halogens is 1. The van der Waals surface area contributed by atoms with Crippen molar-refractivity contribution in [2.24, 2.45) is 0 Å². The zero-order chi connectivity index (χ0) is 27.4. The van der Waals surface area contributed by atoms with Gasteiger partial charge in [-0.1, -0.05) is 80.1 Å². The maximum Gasteiger partial charge on any atom is 0.232 e. The second kappa shape index (κ2) is 12.3. The van der Waals surface area contributed by atoms with Crippen LogP contribution in [0.2, 0.25) is 5.02 Å². The molecule has 6 nitrogen and oxygen atoms in total. The number of thiocarbonyl (C=S) groups is 1. The van der Waals surface area contributed by atoms with Crippen LogP contribution < -0.4 is 20.4 Å². The van der Waals surface area contributed by atoms with Gasteiger partial charge in [-0.15, -0.1) is 0 Å². The van der Waals surface area contributed by atoms with E-state index >= 15 is 0 Å². The SMILES string of the molecule is S=C(NCC1(c2cccc(Cl)c2)CCCCC1)Nc1nc(N2CCCCCC2)cc(N2Cc3ccccc3C2)n1. The van der Waals surface area contributed by atoms with Gasteiger partial charge in [-0.2, -0.15) is 9.97 Å². The van der Waals surface area contributed by atoms with Crippen LogP contribution in [0.25, 0.3) is 0 Å². The summed E-state index contributed by atoms with van der Waals surface area (Å²) in [7, 11) is 0. The molecule has 210 valence electrons. The van der Waals surface area contributed by atoms with Crippen LogP contribution in [0, 0.1) is 0 Å². The number of rotatable bonds is 6. The first-order valence-electron chi connectivity index (χ1n) is 14.8. The molecule has 2 aliphatic heterocycles. The molecule has 0 unspecified atom stereocenters. The standard InChI is InChI=1S/C32H39ClN6S/c33-27-14-10-13-26(19-27)32(15-6-3-7-16-32)23-34-31(40)37-30-35-28(38-17-8-1-2-9-18-38)20-29(36-30)39-21-24-11-4-5-12-25(24)22-39/h4-5,10-14,19-20H,1-3,6-9,15-18,21-23H2,(H2,34,35,36,37,40). The maximum absolute atomic E-state index is 6.40. The van der Waals surface area contributed by atoms with Gasteiger partial charge in [-0.3, -0.25) is 0 Å². The highest BCUT2D eigenvalue weighted by molar-refractivity contribution is 7.80. The number of hydrogen-bond acceptors (Lipinski definition) is 5. The molecule has 2 aromatic carbocycles. The Kier molecular flexibility index (Phi) is 8.40. The fourth-order valence-corrected chi connectivity index (χ4v) is 6.96. The van der Waals surface area contributed by atoms with Crippen molar-refractivity contribution in [2.45, 2.75) is 76.3 Å². The molecule has 2 N–H and O–H groups in total. The third-order valence-electron chi connectivity index (χ3n) is 8.85. The maximum atomic E-state index is 6.40. The summed E-state index contributed by atoms with van der Waals surface area (Å²) in [5, 5.41) is 8.26. The fourth-order valence-electron chi connectivity index (χ4n) is 6.61. The lowest BCUT2D eigenvalue weighted by Crippen LogP contribution is -2.43. The van der Waals surface area contributed by atoms with Crippen LogP contribution in [0.15, 0.2) is 54.6 Å². The summed E-state index contributed by atoms with van der Waals surface area (Å²) < 4.78 is 0. The molecule has 3 aliphatic rings. The number of nitrogens with zero attached hydrogens (tertiary/aromatic N) is 4. The van der Waals surface area contributed by atoms with Crippen molar-refractivity contribution < 1.29 is 0 Å². The Morgan fingerprint density at radius 1 is 0.800 bits per heavy atom. The largest absolute Gasteiger partial charge is 0.361 e. The van der Waals surface area contributed by atoms with E-state index < -0.39 is 0 Å². The van der Waals surface area contributed by atoms with E-state index in [1.165, 1.54) is 61.6 Å². The number of benzene rings is 2. The first kappa shape index (κ1) is 27.3. The molecule has 0 radical (unpaired) electrons. The normalized spacial score (nSPS) is 18.6. The summed E-state index contributed by atoms with van der Waals surface area (Å²) in [6, 6.07) is 19.2. The molecular weight excluding hydrogens is 536 g/mol. The predicted octanol–water partition coefficient (Wildman–Crippen LogP) is 7.22. The Morgan fingerprint density at radius 3 is 2.12 bits per heavy atom. The zero-order valence-electron chi connectivity index (χ0n) is 23.2. The average Bonchev–Trinajstić information content (AvgIpc) is 3.23. The van der Waals surface area contributed by atoms with Crippen LogP contribution in [0.1, 0.15) is 74.5 Å². The Hall–Kier alpha value is -2.90. The van der Waals surface area contributed by atoms with Crippen molar-refractivity contribution in [1.29, 1.82) is 0 Å². The van der Waals surface area contributed by atoms with Gasteiger partial charge >= 0.3 is 0 Å². The van der Waals surface area contributed by atoms with E-state index in [1.807, 2.05) is 6.07 Å². The van der Waals surface area contributed by atoms with Crippen molar-refractivity contribution in [3.8, 4) is 0 Å². The molecule has 1 aliphatic carbocycles. The summed E-state index contributed by atoms with van der Waals surface area (Å²) in [6.07, 6.45) is 10.9. The van der Waals surface area contributed by atoms with E-state index in [0.717, 1.165) is 62.2 Å². The van der Waals surface area contributed by atoms with Gasteiger partial charge in [0.05, 0.1) is 0 Å². The van der Waals surface area contributed by atoms with Crippen LogP contribution in [-0.2, 0) is 18.5 Å². The van der Waals surface area contributed by atoms with E-state index in [4.69, 9.17) is 33.8 Å². The van der Waals surface area contributed by atoms with Crippen molar-refractivity contribution >= 4 is 46.5 Å². The topological polar surface area (TPSA) is 56.3 Å². The first-order valence-corrected chi connectivity index (χ1v) is 15.6. The Morgan fingerprint density at radius 2 is 1.45 bits per heavy atom. The Balaban J connectivity index is 1.21. The fraction of sp³-hybridized carbons (Fsp3) is 0.469. The van der Waals surface area contributed by atoms with E-state index in [1.54, 1.807) is 0 Å². The van der Waals surface area contributed by atoms with Gasteiger partial charge in [0.2, 0.25) is 5.95 Å². The molecule has 6 rings (SSSR count). The van der Waals surface area contributed by atoms with Gasteiger partial charge in [0, 0.05) is 49.2 Å².